The summed E-state index contributed by atoms with van der Waals surface area (Å²) in [6.07, 6.45) is 20.1. The Kier molecular flexibility index (Phi) is 14.3. The first-order chi connectivity index (χ1) is 12.2. The van der Waals surface area contributed by atoms with Crippen molar-refractivity contribution in [2.75, 3.05) is 26.2 Å². The van der Waals surface area contributed by atoms with E-state index in [1.165, 1.54) is 114 Å². The third-order valence-electron chi connectivity index (χ3n) is 6.16. The van der Waals surface area contributed by atoms with Crippen LogP contribution in [-0.4, -0.2) is 30.7 Å². The molecule has 1 heterocycles. The van der Waals surface area contributed by atoms with Gasteiger partial charge < -0.3 is 4.48 Å². The molecule has 0 aliphatic carbocycles. The van der Waals surface area contributed by atoms with Crippen LogP contribution in [0.5, 0.6) is 0 Å². The maximum absolute atomic E-state index is 3.38. The van der Waals surface area contributed by atoms with E-state index in [-0.39, 0.29) is 0 Å². The molecule has 1 rings (SSSR count). The quantitative estimate of drug-likeness (QED) is 0.110. The van der Waals surface area contributed by atoms with Gasteiger partial charge in [0.15, 0.2) is 0 Å². The van der Waals surface area contributed by atoms with Crippen molar-refractivity contribution in [1.29, 1.82) is 0 Å². The Morgan fingerprint density at radius 3 is 1.76 bits per heavy atom. The molecule has 1 fully saturated rings. The van der Waals surface area contributed by atoms with Crippen LogP contribution in [0.15, 0.2) is 0 Å². The molecule has 1 aliphatic heterocycles. The van der Waals surface area contributed by atoms with E-state index < -0.39 is 0 Å². The Morgan fingerprint density at radius 2 is 1.28 bits per heavy atom. The lowest BCUT2D eigenvalue weighted by molar-refractivity contribution is -0.927. The molecule has 0 amide bonds. The standard InChI is InChI=1S/C23H43IN/c1-3-4-5-6-7-8-9-10-11-12-13-14-19-25(20-15-18-24)21-16-23(2)17-22-25/h23H,3-14,16-17,19-22H2,1-2H3/q+1. The summed E-state index contributed by atoms with van der Waals surface area (Å²) < 4.78 is 4.39. The number of hydrogen-bond acceptors (Lipinski definition) is 0. The smallest absolute Gasteiger partial charge is 0.141 e. The number of rotatable bonds is 14. The number of hydrogen-bond donors (Lipinski definition) is 0. The average molecular weight is 461 g/mol. The van der Waals surface area contributed by atoms with Gasteiger partial charge in [-0.1, -0.05) is 78.1 Å². The third kappa shape index (κ3) is 11.5. The Hall–Kier alpha value is 0.250. The molecule has 25 heavy (non-hydrogen) atoms. The SMILES string of the molecule is CCCCCCCCCCCCCC[N+]1(CC#CI)CCC(C)CC1. The van der Waals surface area contributed by atoms with Crippen LogP contribution in [0.3, 0.4) is 0 Å². The number of halogens is 1. The summed E-state index contributed by atoms with van der Waals surface area (Å²) in [5.74, 6) is 4.31. The zero-order valence-corrected chi connectivity index (χ0v) is 19.3. The summed E-state index contributed by atoms with van der Waals surface area (Å²) in [4.78, 5) is 0. The van der Waals surface area contributed by atoms with E-state index in [0.717, 1.165) is 12.5 Å². The van der Waals surface area contributed by atoms with Crippen LogP contribution in [0.2, 0.25) is 0 Å². The molecule has 0 spiro atoms. The number of piperidine rings is 1. The van der Waals surface area contributed by atoms with Gasteiger partial charge in [0.05, 0.1) is 19.6 Å². The van der Waals surface area contributed by atoms with E-state index in [4.69, 9.17) is 0 Å². The summed E-state index contributed by atoms with van der Waals surface area (Å²) in [7, 11) is 0. The van der Waals surface area contributed by atoms with Gasteiger partial charge in [-0.15, -0.1) is 0 Å². The van der Waals surface area contributed by atoms with Gasteiger partial charge in [0.2, 0.25) is 0 Å². The van der Waals surface area contributed by atoms with Crippen molar-refractivity contribution in [3.63, 3.8) is 0 Å². The fourth-order valence-electron chi connectivity index (χ4n) is 4.19. The second-order valence-electron chi connectivity index (χ2n) is 8.51. The highest BCUT2D eigenvalue weighted by Gasteiger charge is 2.31. The first-order valence-corrected chi connectivity index (χ1v) is 12.2. The molecule has 2 heteroatoms. The first kappa shape index (κ1) is 23.3. The highest BCUT2D eigenvalue weighted by Crippen LogP contribution is 2.24. The first-order valence-electron chi connectivity index (χ1n) is 11.2. The molecule has 1 nitrogen and oxygen atoms in total. The fourth-order valence-corrected chi connectivity index (χ4v) is 4.36. The van der Waals surface area contributed by atoms with Crippen LogP contribution >= 0.6 is 22.6 Å². The second-order valence-corrected chi connectivity index (χ2v) is 9.05. The molecule has 146 valence electrons. The summed E-state index contributed by atoms with van der Waals surface area (Å²) in [6, 6.07) is 0. The second kappa shape index (κ2) is 15.3. The van der Waals surface area contributed by atoms with E-state index in [0.29, 0.717) is 0 Å². The van der Waals surface area contributed by atoms with Crippen molar-refractivity contribution in [3.05, 3.63) is 0 Å². The topological polar surface area (TPSA) is 0 Å². The van der Waals surface area contributed by atoms with Crippen LogP contribution in [-0.2, 0) is 0 Å². The number of likely N-dealkylation sites (tertiary alicyclic amines) is 1. The monoisotopic (exact) mass is 460 g/mol. The Balaban J connectivity index is 2.01. The van der Waals surface area contributed by atoms with Crippen molar-refractivity contribution in [2.24, 2.45) is 5.92 Å². The highest BCUT2D eigenvalue weighted by atomic mass is 127. The highest BCUT2D eigenvalue weighted by molar-refractivity contribution is 14.1. The zero-order valence-electron chi connectivity index (χ0n) is 17.1. The molecule has 0 unspecified atom stereocenters. The van der Waals surface area contributed by atoms with Gasteiger partial charge in [-0.3, -0.25) is 0 Å². The van der Waals surface area contributed by atoms with E-state index in [1.54, 1.807) is 0 Å². The number of unbranched alkanes of at least 4 members (excludes halogenated alkanes) is 11. The van der Waals surface area contributed by atoms with Crippen molar-refractivity contribution in [2.45, 2.75) is 104 Å². The van der Waals surface area contributed by atoms with Crippen molar-refractivity contribution >= 4 is 22.6 Å². The predicted molar refractivity (Wildman–Crippen MR) is 121 cm³/mol. The number of nitrogens with zero attached hydrogens (tertiary/aromatic N) is 1. The Bertz CT molecular complexity index is 360. The maximum atomic E-state index is 3.38. The van der Waals surface area contributed by atoms with Gasteiger partial charge in [0.25, 0.3) is 0 Å². The summed E-state index contributed by atoms with van der Waals surface area (Å²) in [5.41, 5.74) is 0. The third-order valence-corrected chi connectivity index (χ3v) is 6.54. The van der Waals surface area contributed by atoms with Gasteiger partial charge in [0.1, 0.15) is 6.54 Å². The fraction of sp³-hybridized carbons (Fsp3) is 0.913. The molecule has 0 aromatic rings. The summed E-state index contributed by atoms with van der Waals surface area (Å²) >= 11 is 2.20. The van der Waals surface area contributed by atoms with Gasteiger partial charge in [-0.25, -0.2) is 0 Å². The van der Waals surface area contributed by atoms with Crippen LogP contribution in [0, 0.1) is 15.8 Å². The van der Waals surface area contributed by atoms with Gasteiger partial charge in [-0.2, -0.15) is 0 Å². The number of quaternary nitrogens is 1. The molecule has 0 aromatic carbocycles. The molecule has 0 bridgehead atoms. The largest absolute Gasteiger partial charge is 0.313 e. The minimum Gasteiger partial charge on any atom is -0.313 e. The predicted octanol–water partition coefficient (Wildman–Crippen LogP) is 7.33. The molecule has 1 saturated heterocycles. The van der Waals surface area contributed by atoms with Gasteiger partial charge >= 0.3 is 0 Å². The lowest BCUT2D eigenvalue weighted by atomic mass is 9.96. The van der Waals surface area contributed by atoms with Crippen LogP contribution < -0.4 is 0 Å². The molecule has 0 aromatic heterocycles. The van der Waals surface area contributed by atoms with E-state index in [9.17, 15) is 0 Å². The average Bonchev–Trinajstić information content (AvgIpc) is 2.63. The van der Waals surface area contributed by atoms with E-state index in [2.05, 4.69) is 46.3 Å². The van der Waals surface area contributed by atoms with Gasteiger partial charge in [0, 0.05) is 22.6 Å². The Labute approximate surface area is 172 Å². The lowest BCUT2D eigenvalue weighted by Gasteiger charge is -2.42. The molecule has 0 radical (unpaired) electrons. The van der Waals surface area contributed by atoms with Crippen LogP contribution in [0.4, 0.5) is 0 Å². The summed E-state index contributed by atoms with van der Waals surface area (Å²) in [5, 5.41) is 0. The van der Waals surface area contributed by atoms with Crippen LogP contribution in [0.1, 0.15) is 104 Å². The molecule has 0 N–H and O–H groups in total. The zero-order chi connectivity index (χ0) is 18.2. The Morgan fingerprint density at radius 1 is 0.800 bits per heavy atom. The van der Waals surface area contributed by atoms with Crippen molar-refractivity contribution < 1.29 is 4.48 Å². The minimum absolute atomic E-state index is 0.931. The molecular formula is C23H43IN+. The van der Waals surface area contributed by atoms with E-state index in [1.807, 2.05) is 0 Å². The van der Waals surface area contributed by atoms with Crippen molar-refractivity contribution in [3.8, 4) is 9.85 Å². The molecular weight excluding hydrogens is 417 g/mol. The van der Waals surface area contributed by atoms with Crippen LogP contribution in [0.25, 0.3) is 0 Å². The van der Waals surface area contributed by atoms with Crippen molar-refractivity contribution in [1.82, 2.24) is 0 Å². The molecule has 0 saturated carbocycles. The lowest BCUT2D eigenvalue weighted by Crippen LogP contribution is -2.53. The molecule has 1 aliphatic rings. The van der Waals surface area contributed by atoms with Gasteiger partial charge in [-0.05, 0) is 41.4 Å². The molecule has 0 atom stereocenters. The maximum Gasteiger partial charge on any atom is 0.141 e. The van der Waals surface area contributed by atoms with E-state index >= 15 is 0 Å². The minimum atomic E-state index is 0.931. The normalized spacial score (nSPS) is 23.2. The summed E-state index contributed by atoms with van der Waals surface area (Å²) in [6.45, 7) is 9.91.